The van der Waals surface area contributed by atoms with E-state index in [2.05, 4.69) is 65.9 Å². The number of likely N-dealkylation sites (tertiary alicyclic amines) is 1. The molecule has 0 unspecified atom stereocenters. The number of nitrogens with one attached hydrogen (secondary N) is 1. The second-order valence-corrected chi connectivity index (χ2v) is 7.95. The summed E-state index contributed by atoms with van der Waals surface area (Å²) >= 11 is 0. The van der Waals surface area contributed by atoms with E-state index in [0.29, 0.717) is 0 Å². The van der Waals surface area contributed by atoms with E-state index in [1.54, 1.807) is 0 Å². The van der Waals surface area contributed by atoms with E-state index in [1.807, 2.05) is 0 Å². The Balaban J connectivity index is 0.00000210. The van der Waals surface area contributed by atoms with Gasteiger partial charge in [-0.15, -0.1) is 12.4 Å². The van der Waals surface area contributed by atoms with Gasteiger partial charge < -0.3 is 14.8 Å². The van der Waals surface area contributed by atoms with Gasteiger partial charge in [-0.1, -0.05) is 18.2 Å². The van der Waals surface area contributed by atoms with Gasteiger partial charge in [-0.05, 0) is 76.2 Å². The Bertz CT molecular complexity index is 815. The molecule has 0 saturated carbocycles. The molecule has 0 spiro atoms. The second kappa shape index (κ2) is 8.07. The van der Waals surface area contributed by atoms with Crippen molar-refractivity contribution in [3.8, 4) is 5.69 Å². The molecule has 4 rings (SSSR count). The first-order chi connectivity index (χ1) is 12.6. The minimum absolute atomic E-state index is 0. The van der Waals surface area contributed by atoms with E-state index in [-0.39, 0.29) is 18.3 Å². The average molecular weight is 388 g/mol. The van der Waals surface area contributed by atoms with Crippen LogP contribution in [0.2, 0.25) is 0 Å². The average Bonchev–Trinajstić information content (AvgIpc) is 3.13. The molecule has 1 aromatic carbocycles. The standard InChI is InChI=1S/C22H29N3O.ClH/c1-15-6-4-5-7-21(15)25-16(2)12-20(17(25)3)22(26)24-10-8-18-13-23-14-19(18)9-11-24;/h4-7,12,18-19,23H,8-11,13-14H2,1-3H3;1H/t18-,19+;. The van der Waals surface area contributed by atoms with Crippen molar-refractivity contribution in [2.24, 2.45) is 11.8 Å². The lowest BCUT2D eigenvalue weighted by atomic mass is 9.92. The van der Waals surface area contributed by atoms with Crippen LogP contribution in [0.5, 0.6) is 0 Å². The zero-order chi connectivity index (χ0) is 18.3. The molecule has 3 heterocycles. The molecule has 0 aliphatic carbocycles. The summed E-state index contributed by atoms with van der Waals surface area (Å²) in [6, 6.07) is 10.4. The summed E-state index contributed by atoms with van der Waals surface area (Å²) in [5.41, 5.74) is 5.42. The molecular formula is C22H30ClN3O. The van der Waals surface area contributed by atoms with Crippen LogP contribution in [0.3, 0.4) is 0 Å². The Morgan fingerprint density at radius 2 is 1.67 bits per heavy atom. The lowest BCUT2D eigenvalue weighted by Crippen LogP contribution is -2.33. The molecule has 27 heavy (non-hydrogen) atoms. The number of aryl methyl sites for hydroxylation is 2. The van der Waals surface area contributed by atoms with Crippen LogP contribution in [0.1, 0.15) is 40.2 Å². The molecule has 0 bridgehead atoms. The molecule has 2 aliphatic rings. The Kier molecular flexibility index (Phi) is 5.97. The Morgan fingerprint density at radius 1 is 1.04 bits per heavy atom. The fourth-order valence-electron chi connectivity index (χ4n) is 4.76. The first-order valence-corrected chi connectivity index (χ1v) is 9.81. The van der Waals surface area contributed by atoms with Gasteiger partial charge in [-0.25, -0.2) is 0 Å². The van der Waals surface area contributed by atoms with Crippen molar-refractivity contribution in [1.82, 2.24) is 14.8 Å². The highest BCUT2D eigenvalue weighted by molar-refractivity contribution is 5.96. The Morgan fingerprint density at radius 3 is 2.30 bits per heavy atom. The topological polar surface area (TPSA) is 37.3 Å². The lowest BCUT2D eigenvalue weighted by Gasteiger charge is -2.21. The second-order valence-electron chi connectivity index (χ2n) is 7.95. The summed E-state index contributed by atoms with van der Waals surface area (Å²) in [5.74, 6) is 1.69. The molecule has 4 nitrogen and oxygen atoms in total. The van der Waals surface area contributed by atoms with Crippen molar-refractivity contribution in [2.45, 2.75) is 33.6 Å². The third-order valence-corrected chi connectivity index (χ3v) is 6.32. The smallest absolute Gasteiger partial charge is 0.255 e. The quantitative estimate of drug-likeness (QED) is 0.848. The Hall–Kier alpha value is -1.78. The van der Waals surface area contributed by atoms with Crippen molar-refractivity contribution in [2.75, 3.05) is 26.2 Å². The number of hydrogen-bond acceptors (Lipinski definition) is 2. The van der Waals surface area contributed by atoms with E-state index >= 15 is 0 Å². The number of benzene rings is 1. The number of carbonyl (C=O) groups excluding carboxylic acids is 1. The van der Waals surface area contributed by atoms with E-state index in [1.165, 1.54) is 5.56 Å². The van der Waals surface area contributed by atoms with Gasteiger partial charge in [0.1, 0.15) is 0 Å². The van der Waals surface area contributed by atoms with Crippen LogP contribution >= 0.6 is 12.4 Å². The highest BCUT2D eigenvalue weighted by Gasteiger charge is 2.32. The van der Waals surface area contributed by atoms with Crippen molar-refractivity contribution in [3.63, 3.8) is 0 Å². The summed E-state index contributed by atoms with van der Waals surface area (Å²) in [7, 11) is 0. The molecule has 2 aromatic rings. The monoisotopic (exact) mass is 387 g/mol. The fourth-order valence-corrected chi connectivity index (χ4v) is 4.76. The summed E-state index contributed by atoms with van der Waals surface area (Å²) < 4.78 is 2.22. The molecule has 1 amide bonds. The van der Waals surface area contributed by atoms with Crippen LogP contribution in [0.15, 0.2) is 30.3 Å². The summed E-state index contributed by atoms with van der Waals surface area (Å²) in [5, 5.41) is 3.50. The third kappa shape index (κ3) is 3.65. The van der Waals surface area contributed by atoms with Gasteiger partial charge >= 0.3 is 0 Å². The van der Waals surface area contributed by atoms with Crippen LogP contribution in [0, 0.1) is 32.6 Å². The molecule has 1 N–H and O–H groups in total. The minimum atomic E-state index is 0. The predicted octanol–water partition coefficient (Wildman–Crippen LogP) is 3.90. The van der Waals surface area contributed by atoms with Gasteiger partial charge in [-0.3, -0.25) is 4.79 Å². The van der Waals surface area contributed by atoms with Gasteiger partial charge in [0.25, 0.3) is 5.91 Å². The van der Waals surface area contributed by atoms with Gasteiger partial charge in [0.2, 0.25) is 0 Å². The number of halogens is 1. The summed E-state index contributed by atoms with van der Waals surface area (Å²) in [6.45, 7) is 10.3. The molecule has 2 fully saturated rings. The van der Waals surface area contributed by atoms with Gasteiger partial charge in [0, 0.05) is 30.2 Å². The minimum Gasteiger partial charge on any atom is -0.339 e. The van der Waals surface area contributed by atoms with Gasteiger partial charge in [0.05, 0.1) is 5.56 Å². The molecular weight excluding hydrogens is 358 g/mol. The number of fused-ring (bicyclic) bond motifs is 1. The van der Waals surface area contributed by atoms with Gasteiger partial charge in [0.15, 0.2) is 0 Å². The number of hydrogen-bond donors (Lipinski definition) is 1. The maximum atomic E-state index is 13.3. The normalized spacial score (nSPS) is 22.1. The number of amides is 1. The number of para-hydroxylation sites is 1. The molecule has 2 atom stereocenters. The lowest BCUT2D eigenvalue weighted by molar-refractivity contribution is 0.0758. The third-order valence-electron chi connectivity index (χ3n) is 6.32. The zero-order valence-corrected chi connectivity index (χ0v) is 17.3. The first-order valence-electron chi connectivity index (χ1n) is 9.81. The van der Waals surface area contributed by atoms with Crippen LogP contribution in [0.25, 0.3) is 5.69 Å². The number of carbonyl (C=O) groups is 1. The SMILES string of the molecule is Cc1ccccc1-n1c(C)cc(C(=O)N2CC[C@@H]3CNC[C@@H]3CC2)c1C.Cl. The van der Waals surface area contributed by atoms with Crippen molar-refractivity contribution in [1.29, 1.82) is 0 Å². The van der Waals surface area contributed by atoms with E-state index in [4.69, 9.17) is 0 Å². The summed E-state index contributed by atoms with van der Waals surface area (Å²) in [4.78, 5) is 15.4. The molecule has 2 saturated heterocycles. The first kappa shape index (κ1) is 20.0. The molecule has 146 valence electrons. The zero-order valence-electron chi connectivity index (χ0n) is 16.5. The van der Waals surface area contributed by atoms with Crippen molar-refractivity contribution in [3.05, 3.63) is 52.8 Å². The number of aromatic nitrogens is 1. The number of nitrogens with zero attached hydrogens (tertiary/aromatic N) is 2. The largest absolute Gasteiger partial charge is 0.339 e. The molecule has 2 aliphatic heterocycles. The maximum absolute atomic E-state index is 13.3. The highest BCUT2D eigenvalue weighted by atomic mass is 35.5. The van der Waals surface area contributed by atoms with E-state index in [9.17, 15) is 4.79 Å². The van der Waals surface area contributed by atoms with Crippen molar-refractivity contribution >= 4 is 18.3 Å². The summed E-state index contributed by atoms with van der Waals surface area (Å²) in [6.07, 6.45) is 2.25. The molecule has 0 radical (unpaired) electrons. The fraction of sp³-hybridized carbons (Fsp3) is 0.500. The molecule has 1 aromatic heterocycles. The number of rotatable bonds is 2. The van der Waals surface area contributed by atoms with Crippen LogP contribution in [-0.2, 0) is 0 Å². The van der Waals surface area contributed by atoms with Crippen LogP contribution in [-0.4, -0.2) is 41.6 Å². The predicted molar refractivity (Wildman–Crippen MR) is 112 cm³/mol. The molecule has 5 heteroatoms. The maximum Gasteiger partial charge on any atom is 0.255 e. The van der Waals surface area contributed by atoms with E-state index in [0.717, 1.165) is 73.5 Å². The van der Waals surface area contributed by atoms with Gasteiger partial charge in [-0.2, -0.15) is 0 Å². The Labute approximate surface area is 168 Å². The van der Waals surface area contributed by atoms with Crippen LogP contribution < -0.4 is 5.32 Å². The van der Waals surface area contributed by atoms with E-state index < -0.39 is 0 Å². The highest BCUT2D eigenvalue weighted by Crippen LogP contribution is 2.29. The van der Waals surface area contributed by atoms with Crippen LogP contribution in [0.4, 0.5) is 0 Å². The van der Waals surface area contributed by atoms with Crippen molar-refractivity contribution < 1.29 is 4.79 Å².